The Hall–Kier alpha value is -2.55. The molecule has 0 saturated carbocycles. The molecule has 1 atom stereocenters. The summed E-state index contributed by atoms with van der Waals surface area (Å²) in [5.74, 6) is 1.75. The largest absolute Gasteiger partial charge is 0.497 e. The Labute approximate surface area is 148 Å². The van der Waals surface area contributed by atoms with Gasteiger partial charge in [-0.05, 0) is 49.7 Å². The van der Waals surface area contributed by atoms with Gasteiger partial charge in [-0.2, -0.15) is 0 Å². The second kappa shape index (κ2) is 6.75. The lowest BCUT2D eigenvalue weighted by Crippen LogP contribution is -2.41. The predicted molar refractivity (Wildman–Crippen MR) is 102 cm³/mol. The van der Waals surface area contributed by atoms with Gasteiger partial charge in [-0.15, -0.1) is 0 Å². The molecule has 1 aromatic heterocycles. The summed E-state index contributed by atoms with van der Waals surface area (Å²) in [5, 5.41) is 2.47. The first kappa shape index (κ1) is 15.9. The van der Waals surface area contributed by atoms with Gasteiger partial charge in [0.25, 0.3) is 0 Å². The zero-order valence-corrected chi connectivity index (χ0v) is 14.9. The van der Waals surface area contributed by atoms with E-state index in [9.17, 15) is 0 Å². The van der Waals surface area contributed by atoms with Gasteiger partial charge < -0.3 is 9.15 Å². The highest BCUT2D eigenvalue weighted by molar-refractivity contribution is 5.78. The molecule has 0 amide bonds. The van der Waals surface area contributed by atoms with E-state index in [1.165, 1.54) is 30.0 Å². The lowest BCUT2D eigenvalue weighted by molar-refractivity contribution is 0.362. The maximum absolute atomic E-state index is 6.22. The summed E-state index contributed by atoms with van der Waals surface area (Å²) >= 11 is 0. The molecule has 2 heterocycles. The predicted octanol–water partition coefficient (Wildman–Crippen LogP) is 4.45. The van der Waals surface area contributed by atoms with Crippen molar-refractivity contribution in [1.29, 1.82) is 0 Å². The van der Waals surface area contributed by atoms with E-state index in [1.807, 2.05) is 18.2 Å². The Balaban J connectivity index is 1.96. The molecule has 1 aliphatic heterocycles. The van der Waals surface area contributed by atoms with Gasteiger partial charge in [0.05, 0.1) is 18.6 Å². The average Bonchev–Trinajstić information content (AvgIpc) is 2.68. The van der Waals surface area contributed by atoms with Crippen LogP contribution in [0.3, 0.4) is 0 Å². The van der Waals surface area contributed by atoms with Crippen molar-refractivity contribution in [3.05, 3.63) is 60.0 Å². The Kier molecular flexibility index (Phi) is 4.31. The van der Waals surface area contributed by atoms with Gasteiger partial charge in [-0.1, -0.05) is 12.1 Å². The van der Waals surface area contributed by atoms with Crippen molar-refractivity contribution in [3.63, 3.8) is 0 Å². The number of para-hydroxylation sites is 1. The van der Waals surface area contributed by atoms with E-state index in [2.05, 4.69) is 47.9 Å². The van der Waals surface area contributed by atoms with Gasteiger partial charge in [-0.3, -0.25) is 0 Å². The van der Waals surface area contributed by atoms with E-state index in [4.69, 9.17) is 9.15 Å². The first-order chi connectivity index (χ1) is 12.3. The number of benzene rings is 2. The molecule has 1 aliphatic rings. The molecule has 3 nitrogen and oxygen atoms in total. The van der Waals surface area contributed by atoms with Crippen LogP contribution in [0, 0.1) is 0 Å². The zero-order chi connectivity index (χ0) is 17.2. The third kappa shape index (κ3) is 3.07. The van der Waals surface area contributed by atoms with Crippen LogP contribution in [0.1, 0.15) is 26.2 Å². The standard InChI is InChI=1S/C22H24NO2/c1-16-7-5-6-14-23(16)20-15-22(17-10-12-18(24-2)13-11-17)25-21-9-4-3-8-19(20)21/h3-4,8-13,15-16H,5-7,14H2,1-2H3/q+1/t16-/m0/s1. The van der Waals surface area contributed by atoms with Crippen LogP contribution < -0.4 is 14.7 Å². The molecule has 2 aromatic carbocycles. The second-order valence-electron chi connectivity index (χ2n) is 6.76. The first-order valence-corrected chi connectivity index (χ1v) is 9.03. The van der Waals surface area contributed by atoms with Crippen LogP contribution in [0.15, 0.2) is 59.0 Å². The first-order valence-electron chi connectivity index (χ1n) is 9.03. The molecule has 0 radical (unpaired) electrons. The minimum absolute atomic E-state index is 0.559. The normalized spacial score (nSPS) is 19.8. The van der Waals surface area contributed by atoms with Crippen molar-refractivity contribution in [2.24, 2.45) is 0 Å². The van der Waals surface area contributed by atoms with Crippen molar-refractivity contribution in [3.8, 4) is 17.1 Å². The maximum Gasteiger partial charge on any atom is 0.214 e. The van der Waals surface area contributed by atoms with Gasteiger partial charge >= 0.3 is 0 Å². The van der Waals surface area contributed by atoms with Crippen molar-refractivity contribution in [2.75, 3.05) is 13.7 Å². The Bertz CT molecular complexity index is 954. The summed E-state index contributed by atoms with van der Waals surface area (Å²) in [6.07, 6.45) is 3.82. The van der Waals surface area contributed by atoms with Crippen molar-refractivity contribution >= 4 is 11.0 Å². The van der Waals surface area contributed by atoms with E-state index in [1.54, 1.807) is 7.11 Å². The van der Waals surface area contributed by atoms with Crippen molar-refractivity contribution < 1.29 is 9.15 Å². The van der Waals surface area contributed by atoms with Crippen LogP contribution in [-0.2, 0) is 0 Å². The number of methoxy groups -OCH3 is 1. The minimum Gasteiger partial charge on any atom is -0.497 e. The molecule has 4 rings (SSSR count). The number of hydrogen-bond donors (Lipinski definition) is 0. The second-order valence-corrected chi connectivity index (χ2v) is 6.76. The fourth-order valence-electron chi connectivity index (χ4n) is 3.71. The fourth-order valence-corrected chi connectivity index (χ4v) is 3.71. The zero-order valence-electron chi connectivity index (χ0n) is 14.9. The SMILES string of the molecule is COc1ccc(-c2cc(=[N+]3CCCC[C@@H]3C)c3ccccc3o2)cc1. The van der Waals surface area contributed by atoms with Gasteiger partial charge in [0.1, 0.15) is 23.6 Å². The monoisotopic (exact) mass is 334 g/mol. The summed E-state index contributed by atoms with van der Waals surface area (Å²) in [6.45, 7) is 3.43. The van der Waals surface area contributed by atoms with Crippen LogP contribution in [0.4, 0.5) is 0 Å². The fraction of sp³-hybridized carbons (Fsp3) is 0.318. The Morgan fingerprint density at radius 3 is 2.60 bits per heavy atom. The van der Waals surface area contributed by atoms with E-state index in [0.29, 0.717) is 6.04 Å². The topological polar surface area (TPSA) is 25.4 Å². The van der Waals surface area contributed by atoms with E-state index >= 15 is 0 Å². The molecule has 0 N–H and O–H groups in total. The number of ether oxygens (including phenoxy) is 1. The van der Waals surface area contributed by atoms with Crippen LogP contribution in [0.25, 0.3) is 22.3 Å². The highest BCUT2D eigenvalue weighted by Gasteiger charge is 2.22. The van der Waals surface area contributed by atoms with E-state index < -0.39 is 0 Å². The van der Waals surface area contributed by atoms with Gasteiger partial charge in [0, 0.05) is 18.4 Å². The molecular weight excluding hydrogens is 310 g/mol. The lowest BCUT2D eigenvalue weighted by Gasteiger charge is -2.17. The van der Waals surface area contributed by atoms with Crippen molar-refractivity contribution in [2.45, 2.75) is 32.2 Å². The molecule has 0 spiro atoms. The molecule has 0 bridgehead atoms. The van der Waals surface area contributed by atoms with Crippen molar-refractivity contribution in [1.82, 2.24) is 4.58 Å². The smallest absolute Gasteiger partial charge is 0.214 e. The highest BCUT2D eigenvalue weighted by Crippen LogP contribution is 2.24. The summed E-state index contributed by atoms with van der Waals surface area (Å²) in [6, 6.07) is 19.1. The summed E-state index contributed by atoms with van der Waals surface area (Å²) in [4.78, 5) is 0. The minimum atomic E-state index is 0.559. The van der Waals surface area contributed by atoms with Gasteiger partial charge in [-0.25, -0.2) is 4.58 Å². The third-order valence-electron chi connectivity index (χ3n) is 5.14. The summed E-state index contributed by atoms with van der Waals surface area (Å²) in [5.41, 5.74) is 2.00. The molecule has 1 fully saturated rings. The van der Waals surface area contributed by atoms with Gasteiger partial charge in [0.15, 0.2) is 6.04 Å². The van der Waals surface area contributed by atoms with Gasteiger partial charge in [0.2, 0.25) is 5.36 Å². The third-order valence-corrected chi connectivity index (χ3v) is 5.14. The molecule has 25 heavy (non-hydrogen) atoms. The Morgan fingerprint density at radius 2 is 1.84 bits per heavy atom. The molecule has 1 saturated heterocycles. The number of hydrogen-bond acceptors (Lipinski definition) is 2. The molecule has 3 aromatic rings. The van der Waals surface area contributed by atoms with E-state index in [-0.39, 0.29) is 0 Å². The van der Waals surface area contributed by atoms with Crippen LogP contribution in [0.2, 0.25) is 0 Å². The molecule has 3 heteroatoms. The number of rotatable bonds is 2. The van der Waals surface area contributed by atoms with Crippen LogP contribution >= 0.6 is 0 Å². The average molecular weight is 334 g/mol. The lowest BCUT2D eigenvalue weighted by atomic mass is 10.0. The van der Waals surface area contributed by atoms with E-state index in [0.717, 1.165) is 29.2 Å². The number of piperidine rings is 1. The van der Waals surface area contributed by atoms with Crippen LogP contribution in [-0.4, -0.2) is 19.7 Å². The summed E-state index contributed by atoms with van der Waals surface area (Å²) < 4.78 is 14.0. The molecular formula is C22H24NO2+. The molecule has 128 valence electrons. The Morgan fingerprint density at radius 1 is 1.04 bits per heavy atom. The molecule has 0 unspecified atom stereocenters. The van der Waals surface area contributed by atoms with Crippen LogP contribution in [0.5, 0.6) is 5.75 Å². The molecule has 0 aliphatic carbocycles. The number of fused-ring (bicyclic) bond motifs is 1. The highest BCUT2D eigenvalue weighted by atomic mass is 16.5. The number of nitrogens with zero attached hydrogens (tertiary/aromatic N) is 1. The maximum atomic E-state index is 6.22. The quantitative estimate of drug-likeness (QED) is 0.647. The summed E-state index contributed by atoms with van der Waals surface area (Å²) in [7, 11) is 1.69.